The largest absolute Gasteiger partial charge is 0.464 e. The fourth-order valence-corrected chi connectivity index (χ4v) is 1.46. The van der Waals surface area contributed by atoms with Crippen molar-refractivity contribution in [2.75, 3.05) is 52.0 Å². The van der Waals surface area contributed by atoms with Crippen LogP contribution in [0.1, 0.15) is 6.92 Å². The number of hydrogen-bond donors (Lipinski definition) is 1. The minimum atomic E-state index is -0.361. The van der Waals surface area contributed by atoms with Crippen LogP contribution in [0.4, 0.5) is 5.69 Å². The van der Waals surface area contributed by atoms with Gasteiger partial charge in [0.15, 0.2) is 0 Å². The number of carbonyl (C=O) groups is 1. The van der Waals surface area contributed by atoms with Crippen molar-refractivity contribution >= 4 is 11.7 Å². The number of nitrogens with zero attached hydrogens (tertiary/aromatic N) is 2. The molecular weight excluding hydrogens is 278 g/mol. The summed E-state index contributed by atoms with van der Waals surface area (Å²) in [7, 11) is 0. The molecule has 0 saturated carbocycles. The first-order valence-electron chi connectivity index (χ1n) is 6.89. The second kappa shape index (κ2) is 11.1. The lowest BCUT2D eigenvalue weighted by Crippen LogP contribution is -2.16. The number of aromatic nitrogens is 2. The Kier molecular flexibility index (Phi) is 9.18. The van der Waals surface area contributed by atoms with E-state index in [-0.39, 0.29) is 12.6 Å². The molecule has 1 aromatic heterocycles. The predicted octanol–water partition coefficient (Wildman–Crippen LogP) is 0.0782. The second-order valence-corrected chi connectivity index (χ2v) is 4.12. The maximum absolute atomic E-state index is 10.9. The molecule has 120 valence electrons. The monoisotopic (exact) mass is 301 g/mol. The van der Waals surface area contributed by atoms with Crippen LogP contribution in [0, 0.1) is 0 Å². The minimum Gasteiger partial charge on any atom is -0.464 e. The highest BCUT2D eigenvalue weighted by atomic mass is 16.6. The first-order chi connectivity index (χ1) is 10.2. The lowest BCUT2D eigenvalue weighted by molar-refractivity contribution is -0.149. The molecule has 0 spiro atoms. The van der Waals surface area contributed by atoms with E-state index >= 15 is 0 Å². The van der Waals surface area contributed by atoms with Crippen molar-refractivity contribution in [3.8, 4) is 0 Å². The first-order valence-corrected chi connectivity index (χ1v) is 6.89. The van der Waals surface area contributed by atoms with Gasteiger partial charge in [0.05, 0.1) is 58.1 Å². The standard InChI is InChI=1S/C13H23N3O5/c1-2-21-13(17)11-20-8-7-19-6-5-18-4-3-16-10-12(14)9-15-16/h9-10H,2-8,11,14H2,1H3. The summed E-state index contributed by atoms with van der Waals surface area (Å²) >= 11 is 0. The van der Waals surface area contributed by atoms with E-state index in [0.717, 1.165) is 0 Å². The summed E-state index contributed by atoms with van der Waals surface area (Å²) in [5.41, 5.74) is 6.18. The molecule has 0 aromatic carbocycles. The molecule has 8 heteroatoms. The van der Waals surface area contributed by atoms with Gasteiger partial charge in [0.1, 0.15) is 6.61 Å². The van der Waals surface area contributed by atoms with E-state index in [0.29, 0.717) is 51.9 Å². The Labute approximate surface area is 124 Å². The Morgan fingerprint density at radius 1 is 1.19 bits per heavy atom. The SMILES string of the molecule is CCOC(=O)COCCOCCOCCn1cc(N)cn1. The molecule has 8 nitrogen and oxygen atoms in total. The average molecular weight is 301 g/mol. The summed E-state index contributed by atoms with van der Waals surface area (Å²) < 4.78 is 22.2. The molecule has 0 unspecified atom stereocenters. The number of nitrogens with two attached hydrogens (primary N) is 1. The number of carbonyl (C=O) groups excluding carboxylic acids is 1. The summed E-state index contributed by atoms with van der Waals surface area (Å²) in [5.74, 6) is -0.361. The van der Waals surface area contributed by atoms with Crippen LogP contribution in [0.2, 0.25) is 0 Å². The molecule has 21 heavy (non-hydrogen) atoms. The Morgan fingerprint density at radius 3 is 2.48 bits per heavy atom. The Hall–Kier alpha value is -1.64. The van der Waals surface area contributed by atoms with Gasteiger partial charge >= 0.3 is 5.97 Å². The van der Waals surface area contributed by atoms with Gasteiger partial charge in [0.2, 0.25) is 0 Å². The topological polar surface area (TPSA) is 97.8 Å². The number of nitrogen functional groups attached to an aromatic ring is 1. The van der Waals surface area contributed by atoms with E-state index in [1.54, 1.807) is 24.0 Å². The van der Waals surface area contributed by atoms with Crippen LogP contribution >= 0.6 is 0 Å². The average Bonchev–Trinajstić information content (AvgIpc) is 2.87. The smallest absolute Gasteiger partial charge is 0.332 e. The van der Waals surface area contributed by atoms with E-state index in [1.165, 1.54) is 0 Å². The molecule has 0 aliphatic rings. The fraction of sp³-hybridized carbons (Fsp3) is 0.692. The van der Waals surface area contributed by atoms with Gasteiger partial charge in [-0.1, -0.05) is 0 Å². The molecule has 1 heterocycles. The normalized spacial score (nSPS) is 10.7. The quantitative estimate of drug-likeness (QED) is 0.431. The number of rotatable bonds is 12. The van der Waals surface area contributed by atoms with Crippen LogP contribution in [0.25, 0.3) is 0 Å². The highest BCUT2D eigenvalue weighted by molar-refractivity contribution is 5.70. The molecule has 0 amide bonds. The van der Waals surface area contributed by atoms with E-state index < -0.39 is 0 Å². The van der Waals surface area contributed by atoms with Gasteiger partial charge < -0.3 is 24.7 Å². The molecule has 0 fully saturated rings. The third-order valence-electron chi connectivity index (χ3n) is 2.39. The zero-order chi connectivity index (χ0) is 15.3. The fourth-order valence-electron chi connectivity index (χ4n) is 1.46. The third-order valence-corrected chi connectivity index (χ3v) is 2.39. The van der Waals surface area contributed by atoms with Crippen LogP contribution < -0.4 is 5.73 Å². The number of ether oxygens (including phenoxy) is 4. The number of hydrogen-bond acceptors (Lipinski definition) is 7. The molecule has 0 radical (unpaired) electrons. The van der Waals surface area contributed by atoms with Gasteiger partial charge in [-0.2, -0.15) is 5.10 Å². The second-order valence-electron chi connectivity index (χ2n) is 4.12. The van der Waals surface area contributed by atoms with Crippen molar-refractivity contribution in [1.82, 2.24) is 9.78 Å². The summed E-state index contributed by atoms with van der Waals surface area (Å²) in [5, 5.41) is 4.04. The maximum Gasteiger partial charge on any atom is 0.332 e. The van der Waals surface area contributed by atoms with Crippen molar-refractivity contribution in [3.63, 3.8) is 0 Å². The molecule has 0 saturated heterocycles. The first kappa shape index (κ1) is 17.4. The van der Waals surface area contributed by atoms with E-state index in [1.807, 2.05) is 0 Å². The van der Waals surface area contributed by atoms with Crippen LogP contribution in [-0.2, 0) is 30.3 Å². The predicted molar refractivity (Wildman–Crippen MR) is 75.7 cm³/mol. The molecule has 0 bridgehead atoms. The molecule has 0 atom stereocenters. The van der Waals surface area contributed by atoms with Gasteiger partial charge in [-0.15, -0.1) is 0 Å². The van der Waals surface area contributed by atoms with E-state index in [2.05, 4.69) is 5.10 Å². The molecule has 1 rings (SSSR count). The van der Waals surface area contributed by atoms with Gasteiger partial charge in [0.25, 0.3) is 0 Å². The zero-order valence-corrected chi connectivity index (χ0v) is 12.3. The van der Waals surface area contributed by atoms with E-state index in [4.69, 9.17) is 24.7 Å². The Morgan fingerprint density at radius 2 is 1.86 bits per heavy atom. The highest BCUT2D eigenvalue weighted by Gasteiger charge is 2.00. The molecule has 0 aliphatic carbocycles. The lowest BCUT2D eigenvalue weighted by Gasteiger charge is -2.07. The number of anilines is 1. The van der Waals surface area contributed by atoms with E-state index in [9.17, 15) is 4.79 Å². The van der Waals surface area contributed by atoms with Crippen molar-refractivity contribution < 1.29 is 23.7 Å². The van der Waals surface area contributed by atoms with Gasteiger partial charge in [-0.05, 0) is 6.92 Å². The summed E-state index contributed by atoms with van der Waals surface area (Å²) in [6, 6.07) is 0. The molecule has 1 aromatic rings. The van der Waals surface area contributed by atoms with Crippen LogP contribution in [0.5, 0.6) is 0 Å². The minimum absolute atomic E-state index is 0.0410. The number of esters is 1. The third kappa shape index (κ3) is 9.01. The summed E-state index contributed by atoms with van der Waals surface area (Å²) in [6.07, 6.45) is 3.35. The van der Waals surface area contributed by atoms with Crippen molar-refractivity contribution in [1.29, 1.82) is 0 Å². The Balaban J connectivity index is 1.81. The van der Waals surface area contributed by atoms with Crippen LogP contribution in [0.3, 0.4) is 0 Å². The summed E-state index contributed by atoms with van der Waals surface area (Å²) in [4.78, 5) is 10.9. The van der Waals surface area contributed by atoms with Crippen LogP contribution in [-0.4, -0.2) is 62.0 Å². The van der Waals surface area contributed by atoms with Crippen molar-refractivity contribution in [3.05, 3.63) is 12.4 Å². The summed E-state index contributed by atoms with van der Waals surface area (Å²) in [6.45, 7) is 5.01. The van der Waals surface area contributed by atoms with Gasteiger partial charge in [-0.25, -0.2) is 4.79 Å². The van der Waals surface area contributed by atoms with Crippen molar-refractivity contribution in [2.45, 2.75) is 13.5 Å². The molecule has 0 aliphatic heterocycles. The van der Waals surface area contributed by atoms with Crippen molar-refractivity contribution in [2.24, 2.45) is 0 Å². The maximum atomic E-state index is 10.9. The van der Waals surface area contributed by atoms with Crippen LogP contribution in [0.15, 0.2) is 12.4 Å². The lowest BCUT2D eigenvalue weighted by atomic mass is 10.6. The molecule has 2 N–H and O–H groups in total. The van der Waals surface area contributed by atoms with Gasteiger partial charge in [0, 0.05) is 6.20 Å². The zero-order valence-electron chi connectivity index (χ0n) is 12.3. The highest BCUT2D eigenvalue weighted by Crippen LogP contribution is 1.97. The van der Waals surface area contributed by atoms with Gasteiger partial charge in [-0.3, -0.25) is 4.68 Å². The Bertz CT molecular complexity index is 397. The molecular formula is C13H23N3O5.